The van der Waals surface area contributed by atoms with E-state index < -0.39 is 12.2 Å². The number of rotatable bonds is 16. The van der Waals surface area contributed by atoms with Crippen molar-refractivity contribution in [3.63, 3.8) is 0 Å². The van der Waals surface area contributed by atoms with Crippen LogP contribution < -0.4 is 10.8 Å². The van der Waals surface area contributed by atoms with Gasteiger partial charge in [0.05, 0.1) is 18.8 Å². The van der Waals surface area contributed by atoms with Crippen molar-refractivity contribution in [2.24, 2.45) is 0 Å². The second kappa shape index (κ2) is 18.9. The molecule has 2 amide bonds. The quantitative estimate of drug-likeness (QED) is 0.0458. The van der Waals surface area contributed by atoms with Crippen molar-refractivity contribution in [1.82, 2.24) is 15.7 Å². The van der Waals surface area contributed by atoms with Gasteiger partial charge in [0.2, 0.25) is 11.8 Å². The summed E-state index contributed by atoms with van der Waals surface area (Å²) in [6.45, 7) is 3.35. The van der Waals surface area contributed by atoms with Gasteiger partial charge in [0.15, 0.2) is 6.29 Å². The highest BCUT2D eigenvalue weighted by Crippen LogP contribution is 2.39. The van der Waals surface area contributed by atoms with E-state index in [1.165, 1.54) is 16.3 Å². The molecule has 0 radical (unpaired) electrons. The largest absolute Gasteiger partial charge is 0.392 e. The van der Waals surface area contributed by atoms with E-state index >= 15 is 0 Å². The molecule has 1 saturated heterocycles. The smallest absolute Gasteiger partial charge is 0.243 e. The fourth-order valence-corrected chi connectivity index (χ4v) is 7.10. The van der Waals surface area contributed by atoms with Crippen molar-refractivity contribution >= 4 is 22.6 Å². The molecule has 0 aromatic heterocycles. The summed E-state index contributed by atoms with van der Waals surface area (Å²) in [6.07, 6.45) is 2.50. The SMILES string of the molecule is C[C@H](c1ccc2ccccc2c1)N(C)C[C@H]1C[C@@H](c2ccc(CO)cc2)O[C@@H](c2ccc(-c3ccccc3CNC(=O)CCCCCC(=O)NO)cc2)O1. The van der Waals surface area contributed by atoms with Crippen LogP contribution >= 0.6 is 0 Å². The maximum Gasteiger partial charge on any atom is 0.243 e. The molecule has 1 heterocycles. The second-order valence-electron chi connectivity index (χ2n) is 14.2. The summed E-state index contributed by atoms with van der Waals surface area (Å²) in [5.41, 5.74) is 8.80. The Morgan fingerprint density at radius 3 is 2.22 bits per heavy atom. The molecule has 0 spiro atoms. The number of hydrogen-bond acceptors (Lipinski definition) is 7. The highest BCUT2D eigenvalue weighted by atomic mass is 16.7. The lowest BCUT2D eigenvalue weighted by Crippen LogP contribution is -2.38. The van der Waals surface area contributed by atoms with Gasteiger partial charge < -0.3 is 19.9 Å². The van der Waals surface area contributed by atoms with Crippen molar-refractivity contribution in [3.05, 3.63) is 143 Å². The number of benzene rings is 5. The number of likely N-dealkylation sites (N-methyl/N-ethyl adjacent to an activating group) is 1. The van der Waals surface area contributed by atoms with E-state index in [1.54, 1.807) is 5.48 Å². The van der Waals surface area contributed by atoms with Crippen LogP contribution in [-0.4, -0.2) is 46.7 Å². The number of hydrogen-bond donors (Lipinski definition) is 4. The summed E-state index contributed by atoms with van der Waals surface area (Å²) in [4.78, 5) is 26.1. The van der Waals surface area contributed by atoms with Gasteiger partial charge in [-0.25, -0.2) is 5.48 Å². The number of unbranched alkanes of at least 4 members (excludes halogenated alkanes) is 2. The standard InChI is InChI=1S/C45H51N3O6/c1-31(37-25-20-33-10-6-7-11-38(33)26-37)48(2)29-40-27-42(35-18-16-32(30-49)17-19-35)54-45(53-40)36-23-21-34(22-24-36)41-13-9-8-12-39(41)28-46-43(50)14-4-3-5-15-44(51)47-52/h6-13,16-26,31,40,42,45,49,52H,3-5,14-15,27-30H2,1-2H3,(H,46,50)(H,47,51)/t31-,40-,42+,45+/m1/s1. The minimum atomic E-state index is -0.572. The zero-order valence-electron chi connectivity index (χ0n) is 31.1. The Bertz CT molecular complexity index is 1980. The summed E-state index contributed by atoms with van der Waals surface area (Å²) < 4.78 is 13.4. The molecule has 1 aliphatic rings. The number of nitrogens with zero attached hydrogens (tertiary/aromatic N) is 1. The normalized spacial score (nSPS) is 17.7. The fourth-order valence-electron chi connectivity index (χ4n) is 7.10. The summed E-state index contributed by atoms with van der Waals surface area (Å²) >= 11 is 0. The average molecular weight is 730 g/mol. The number of carbonyl (C=O) groups excluding carboxylic acids is 2. The monoisotopic (exact) mass is 729 g/mol. The molecule has 1 aliphatic heterocycles. The molecule has 5 aromatic carbocycles. The first-order valence-electron chi connectivity index (χ1n) is 18.9. The lowest BCUT2D eigenvalue weighted by Gasteiger charge is -2.39. The van der Waals surface area contributed by atoms with Gasteiger partial charge in [0.25, 0.3) is 0 Å². The molecule has 0 bridgehead atoms. The zero-order valence-corrected chi connectivity index (χ0v) is 31.1. The number of hydroxylamine groups is 1. The van der Waals surface area contributed by atoms with E-state index in [-0.39, 0.29) is 37.2 Å². The van der Waals surface area contributed by atoms with E-state index in [1.807, 2.05) is 42.5 Å². The minimum Gasteiger partial charge on any atom is -0.392 e. The van der Waals surface area contributed by atoms with Crippen molar-refractivity contribution in [2.45, 2.75) is 83.1 Å². The lowest BCUT2D eigenvalue weighted by molar-refractivity contribution is -0.253. The first-order valence-corrected chi connectivity index (χ1v) is 18.9. The summed E-state index contributed by atoms with van der Waals surface area (Å²) in [6, 6.07) is 39.6. The molecule has 9 heteroatoms. The summed E-state index contributed by atoms with van der Waals surface area (Å²) in [5, 5.41) is 23.8. The minimum absolute atomic E-state index is 0.00544. The number of carbonyl (C=O) groups is 2. The van der Waals surface area contributed by atoms with Crippen molar-refractivity contribution < 1.29 is 29.4 Å². The molecule has 282 valence electrons. The third kappa shape index (κ3) is 10.2. The third-order valence-electron chi connectivity index (χ3n) is 10.4. The van der Waals surface area contributed by atoms with Gasteiger partial charge in [0, 0.05) is 44.0 Å². The van der Waals surface area contributed by atoms with Crippen LogP contribution in [0.25, 0.3) is 21.9 Å². The molecule has 4 N–H and O–H groups in total. The van der Waals surface area contributed by atoms with Crippen LogP contribution in [-0.2, 0) is 32.2 Å². The van der Waals surface area contributed by atoms with Crippen molar-refractivity contribution in [2.75, 3.05) is 13.6 Å². The highest BCUT2D eigenvalue weighted by molar-refractivity contribution is 5.83. The Morgan fingerprint density at radius 2 is 1.48 bits per heavy atom. The van der Waals surface area contributed by atoms with E-state index in [4.69, 9.17) is 14.7 Å². The number of nitrogens with one attached hydrogen (secondary N) is 2. The number of aliphatic hydroxyl groups is 1. The van der Waals surface area contributed by atoms with Crippen LogP contribution in [0, 0.1) is 0 Å². The van der Waals surface area contributed by atoms with Crippen LogP contribution in [0.5, 0.6) is 0 Å². The van der Waals surface area contributed by atoms with Gasteiger partial charge in [-0.15, -0.1) is 0 Å². The van der Waals surface area contributed by atoms with E-state index in [2.05, 4.69) is 97.0 Å². The van der Waals surface area contributed by atoms with Crippen LogP contribution in [0.4, 0.5) is 0 Å². The van der Waals surface area contributed by atoms with Crippen LogP contribution in [0.3, 0.4) is 0 Å². The Kier molecular flexibility index (Phi) is 13.6. The Balaban J connectivity index is 1.13. The molecule has 1 fully saturated rings. The maximum atomic E-state index is 12.6. The van der Waals surface area contributed by atoms with Gasteiger partial charge in [-0.1, -0.05) is 116 Å². The summed E-state index contributed by atoms with van der Waals surface area (Å²) in [7, 11) is 2.15. The second-order valence-corrected chi connectivity index (χ2v) is 14.2. The van der Waals surface area contributed by atoms with Crippen LogP contribution in [0.1, 0.15) is 91.7 Å². The number of fused-ring (bicyclic) bond motifs is 1. The number of ether oxygens (including phenoxy) is 2. The molecule has 0 aliphatic carbocycles. The Hall–Kier alpha value is -4.90. The van der Waals surface area contributed by atoms with Gasteiger partial charge >= 0.3 is 0 Å². The molecule has 4 atom stereocenters. The lowest BCUT2D eigenvalue weighted by atomic mass is 9.97. The molecule has 0 saturated carbocycles. The Morgan fingerprint density at radius 1 is 0.796 bits per heavy atom. The molecular weight excluding hydrogens is 679 g/mol. The van der Waals surface area contributed by atoms with E-state index in [9.17, 15) is 14.7 Å². The van der Waals surface area contributed by atoms with Crippen molar-refractivity contribution in [1.29, 1.82) is 0 Å². The maximum absolute atomic E-state index is 12.6. The van der Waals surface area contributed by atoms with Gasteiger partial charge in [0.1, 0.15) is 0 Å². The van der Waals surface area contributed by atoms with E-state index in [0.717, 1.165) is 46.3 Å². The average Bonchev–Trinajstić information content (AvgIpc) is 3.22. The van der Waals surface area contributed by atoms with Gasteiger partial charge in [-0.2, -0.15) is 0 Å². The van der Waals surface area contributed by atoms with Crippen LogP contribution in [0.2, 0.25) is 0 Å². The number of aliphatic hydroxyl groups excluding tert-OH is 1. The molecule has 6 rings (SSSR count). The summed E-state index contributed by atoms with van der Waals surface area (Å²) in [5.74, 6) is -0.446. The third-order valence-corrected chi connectivity index (χ3v) is 10.4. The van der Waals surface area contributed by atoms with Gasteiger partial charge in [-0.3, -0.25) is 19.7 Å². The molecule has 54 heavy (non-hydrogen) atoms. The molecular formula is C45H51N3O6. The number of amides is 2. The predicted molar refractivity (Wildman–Crippen MR) is 210 cm³/mol. The first kappa shape index (κ1) is 38.8. The predicted octanol–water partition coefficient (Wildman–Crippen LogP) is 8.31. The van der Waals surface area contributed by atoms with Crippen molar-refractivity contribution in [3.8, 4) is 11.1 Å². The van der Waals surface area contributed by atoms with Gasteiger partial charge in [-0.05, 0) is 77.0 Å². The Labute approximate surface area is 317 Å². The van der Waals surface area contributed by atoms with Crippen LogP contribution in [0.15, 0.2) is 115 Å². The molecule has 5 aromatic rings. The topological polar surface area (TPSA) is 120 Å². The fraction of sp³-hybridized carbons (Fsp3) is 0.333. The highest BCUT2D eigenvalue weighted by Gasteiger charge is 2.33. The molecule has 0 unspecified atom stereocenters. The van der Waals surface area contributed by atoms with E-state index in [0.29, 0.717) is 32.2 Å². The first-order chi connectivity index (χ1) is 26.3. The molecule has 9 nitrogen and oxygen atoms in total. The zero-order chi connectivity index (χ0) is 37.9.